The van der Waals surface area contributed by atoms with Crippen LogP contribution in [0.2, 0.25) is 0 Å². The van der Waals surface area contributed by atoms with E-state index in [1.165, 1.54) is 19.3 Å². The fourth-order valence-electron chi connectivity index (χ4n) is 3.88. The lowest BCUT2D eigenvalue weighted by Gasteiger charge is -2.25. The van der Waals surface area contributed by atoms with Gasteiger partial charge in [0.1, 0.15) is 0 Å². The Hall–Kier alpha value is -3.00. The summed E-state index contributed by atoms with van der Waals surface area (Å²) < 4.78 is 8.16. The molecule has 152 valence electrons. The average Bonchev–Trinajstić information content (AvgIpc) is 3.47. The minimum Gasteiger partial charge on any atom is -0.420 e. The number of pyridine rings is 1. The Morgan fingerprint density at radius 3 is 2.47 bits per heavy atom. The van der Waals surface area contributed by atoms with Gasteiger partial charge in [-0.05, 0) is 37.1 Å². The van der Waals surface area contributed by atoms with Crippen LogP contribution in [0.4, 0.5) is 0 Å². The van der Waals surface area contributed by atoms with Crippen LogP contribution in [0.15, 0.2) is 64.4 Å². The smallest absolute Gasteiger partial charge is 0.247 e. The second-order valence-corrected chi connectivity index (χ2v) is 8.30. The van der Waals surface area contributed by atoms with Gasteiger partial charge >= 0.3 is 0 Å². The second kappa shape index (κ2) is 8.79. The van der Waals surface area contributed by atoms with Crippen LogP contribution in [0.5, 0.6) is 0 Å². The van der Waals surface area contributed by atoms with E-state index in [0.29, 0.717) is 23.6 Å². The van der Waals surface area contributed by atoms with Crippen molar-refractivity contribution in [3.63, 3.8) is 0 Å². The van der Waals surface area contributed by atoms with Crippen LogP contribution in [-0.2, 0) is 5.75 Å². The highest BCUT2D eigenvalue weighted by atomic mass is 32.2. The standard InChI is InChI=1S/C22H22N6OS/c1-3-7-17(8-4-1)21-26-24-19(29-21)15-30-22-27-25-20(16-11-13-23-14-12-16)28(22)18-9-5-2-6-10-18/h1,3-4,7-8,11-14,18H,2,5-6,9-10,15H2. The lowest BCUT2D eigenvalue weighted by molar-refractivity contribution is 0.339. The Kier molecular flexibility index (Phi) is 5.56. The molecular formula is C22H22N6OS. The first-order chi connectivity index (χ1) is 14.9. The number of rotatable bonds is 6. The van der Waals surface area contributed by atoms with Gasteiger partial charge in [-0.1, -0.05) is 49.2 Å². The number of aromatic nitrogens is 6. The molecule has 1 aliphatic carbocycles. The monoisotopic (exact) mass is 418 g/mol. The molecule has 0 bridgehead atoms. The van der Waals surface area contributed by atoms with Crippen molar-refractivity contribution in [1.82, 2.24) is 29.9 Å². The van der Waals surface area contributed by atoms with Crippen molar-refractivity contribution in [1.29, 1.82) is 0 Å². The molecule has 30 heavy (non-hydrogen) atoms. The normalized spacial score (nSPS) is 14.8. The molecule has 0 unspecified atom stereocenters. The molecule has 0 spiro atoms. The quantitative estimate of drug-likeness (QED) is 0.399. The third-order valence-corrected chi connectivity index (χ3v) is 6.28. The molecule has 0 atom stereocenters. The molecular weight excluding hydrogens is 396 g/mol. The van der Waals surface area contributed by atoms with Gasteiger partial charge in [0.25, 0.3) is 0 Å². The highest BCUT2D eigenvalue weighted by Gasteiger charge is 2.24. The van der Waals surface area contributed by atoms with E-state index in [1.54, 1.807) is 24.2 Å². The first-order valence-electron chi connectivity index (χ1n) is 10.2. The lowest BCUT2D eigenvalue weighted by Crippen LogP contribution is -2.15. The molecule has 1 saturated carbocycles. The largest absolute Gasteiger partial charge is 0.420 e. The summed E-state index contributed by atoms with van der Waals surface area (Å²) in [4.78, 5) is 4.13. The summed E-state index contributed by atoms with van der Waals surface area (Å²) in [5.74, 6) is 2.59. The van der Waals surface area contributed by atoms with Crippen LogP contribution in [0.25, 0.3) is 22.8 Å². The van der Waals surface area contributed by atoms with E-state index < -0.39 is 0 Å². The Balaban J connectivity index is 1.39. The minimum atomic E-state index is 0.419. The molecule has 0 saturated heterocycles. The fraction of sp³-hybridized carbons (Fsp3) is 0.318. The Labute approximate surface area is 179 Å². The van der Waals surface area contributed by atoms with Gasteiger partial charge < -0.3 is 4.42 Å². The maximum atomic E-state index is 5.86. The van der Waals surface area contributed by atoms with E-state index in [-0.39, 0.29) is 0 Å². The van der Waals surface area contributed by atoms with Crippen molar-refractivity contribution in [2.75, 3.05) is 0 Å². The van der Waals surface area contributed by atoms with Gasteiger partial charge in [0.2, 0.25) is 11.8 Å². The second-order valence-electron chi connectivity index (χ2n) is 7.36. The van der Waals surface area contributed by atoms with Crippen LogP contribution >= 0.6 is 11.8 Å². The van der Waals surface area contributed by atoms with Crippen molar-refractivity contribution >= 4 is 11.8 Å². The van der Waals surface area contributed by atoms with Gasteiger partial charge in [-0.25, -0.2) is 0 Å². The van der Waals surface area contributed by atoms with Crippen molar-refractivity contribution in [3.8, 4) is 22.8 Å². The Morgan fingerprint density at radius 2 is 1.67 bits per heavy atom. The topological polar surface area (TPSA) is 82.5 Å². The van der Waals surface area contributed by atoms with Crippen LogP contribution in [-0.4, -0.2) is 29.9 Å². The van der Waals surface area contributed by atoms with E-state index >= 15 is 0 Å². The number of benzene rings is 1. The lowest BCUT2D eigenvalue weighted by atomic mass is 9.95. The number of hydrogen-bond acceptors (Lipinski definition) is 7. The summed E-state index contributed by atoms with van der Waals surface area (Å²) in [6, 6.07) is 14.2. The summed E-state index contributed by atoms with van der Waals surface area (Å²) in [5, 5.41) is 18.3. The van der Waals surface area contributed by atoms with Crippen LogP contribution in [0.3, 0.4) is 0 Å². The summed E-state index contributed by atoms with van der Waals surface area (Å²) >= 11 is 1.60. The molecule has 5 rings (SSSR count). The summed E-state index contributed by atoms with van der Waals surface area (Å²) in [7, 11) is 0. The van der Waals surface area contributed by atoms with E-state index in [2.05, 4.69) is 29.9 Å². The van der Waals surface area contributed by atoms with Gasteiger partial charge in [0.05, 0.1) is 5.75 Å². The highest BCUT2D eigenvalue weighted by molar-refractivity contribution is 7.98. The minimum absolute atomic E-state index is 0.419. The van der Waals surface area contributed by atoms with Crippen molar-refractivity contribution in [3.05, 3.63) is 60.7 Å². The van der Waals surface area contributed by atoms with Crippen molar-refractivity contribution in [2.24, 2.45) is 0 Å². The number of thioether (sulfide) groups is 1. The zero-order chi connectivity index (χ0) is 20.2. The summed E-state index contributed by atoms with van der Waals surface area (Å²) in [6.07, 6.45) is 9.69. The van der Waals surface area contributed by atoms with Crippen molar-refractivity contribution in [2.45, 2.75) is 49.1 Å². The molecule has 0 amide bonds. The average molecular weight is 419 g/mol. The third-order valence-electron chi connectivity index (χ3n) is 5.36. The van der Waals surface area contributed by atoms with E-state index in [0.717, 1.165) is 34.9 Å². The molecule has 1 aromatic carbocycles. The molecule has 7 nitrogen and oxygen atoms in total. The van der Waals surface area contributed by atoms with Gasteiger partial charge in [-0.15, -0.1) is 20.4 Å². The maximum Gasteiger partial charge on any atom is 0.247 e. The molecule has 3 aromatic heterocycles. The van der Waals surface area contributed by atoms with E-state index in [4.69, 9.17) is 4.42 Å². The molecule has 0 N–H and O–H groups in total. The van der Waals surface area contributed by atoms with Gasteiger partial charge in [-0.2, -0.15) is 0 Å². The summed E-state index contributed by atoms with van der Waals surface area (Å²) in [6.45, 7) is 0. The molecule has 1 aliphatic rings. The third kappa shape index (κ3) is 4.00. The summed E-state index contributed by atoms with van der Waals surface area (Å²) in [5.41, 5.74) is 1.96. The van der Waals surface area contributed by atoms with Crippen LogP contribution < -0.4 is 0 Å². The fourth-order valence-corrected chi connectivity index (χ4v) is 4.72. The van der Waals surface area contributed by atoms with Gasteiger partial charge in [0.15, 0.2) is 11.0 Å². The molecule has 4 aromatic rings. The molecule has 8 heteroatoms. The highest BCUT2D eigenvalue weighted by Crippen LogP contribution is 2.36. The van der Waals surface area contributed by atoms with Gasteiger partial charge in [0, 0.05) is 29.6 Å². The first kappa shape index (κ1) is 19.0. The Bertz CT molecular complexity index is 1090. The van der Waals surface area contributed by atoms with Gasteiger partial charge in [-0.3, -0.25) is 9.55 Å². The predicted molar refractivity (Wildman–Crippen MR) is 115 cm³/mol. The van der Waals surface area contributed by atoms with E-state index in [9.17, 15) is 0 Å². The Morgan fingerprint density at radius 1 is 0.867 bits per heavy atom. The molecule has 0 aliphatic heterocycles. The SMILES string of the molecule is c1ccc(-c2nnc(CSc3nnc(-c4ccncc4)n3C3CCCCC3)o2)cc1. The zero-order valence-electron chi connectivity index (χ0n) is 16.5. The first-order valence-corrected chi connectivity index (χ1v) is 11.2. The molecule has 3 heterocycles. The van der Waals surface area contributed by atoms with Crippen LogP contribution in [0.1, 0.15) is 44.0 Å². The zero-order valence-corrected chi connectivity index (χ0v) is 17.3. The maximum absolute atomic E-state index is 5.86. The molecule has 0 radical (unpaired) electrons. The van der Waals surface area contributed by atoms with Crippen molar-refractivity contribution < 1.29 is 4.42 Å². The molecule has 1 fully saturated rings. The van der Waals surface area contributed by atoms with Crippen LogP contribution in [0, 0.1) is 0 Å². The predicted octanol–water partition coefficient (Wildman–Crippen LogP) is 5.19. The number of hydrogen-bond donors (Lipinski definition) is 0. The van der Waals surface area contributed by atoms with E-state index in [1.807, 2.05) is 42.5 Å². The number of nitrogens with zero attached hydrogens (tertiary/aromatic N) is 6.